The monoisotopic (exact) mass is 397 g/mol. The number of oxazole rings is 1. The van der Waals surface area contributed by atoms with Gasteiger partial charge in [0.1, 0.15) is 11.3 Å². The Kier molecular flexibility index (Phi) is 4.58. The summed E-state index contributed by atoms with van der Waals surface area (Å²) in [5.41, 5.74) is 1.74. The molecule has 2 aromatic heterocycles. The number of aromatic nitrogens is 4. The second-order valence-corrected chi connectivity index (χ2v) is 8.58. The average molecular weight is 398 g/mol. The minimum atomic E-state index is 0.164. The highest BCUT2D eigenvalue weighted by molar-refractivity contribution is 7.99. The number of hydrogen-bond donors (Lipinski definition) is 0. The highest BCUT2D eigenvalue weighted by Gasteiger charge is 2.30. The van der Waals surface area contributed by atoms with E-state index in [1.54, 1.807) is 0 Å². The Labute approximate surface area is 167 Å². The topological polar surface area (TPSA) is 77.0 Å². The molecule has 28 heavy (non-hydrogen) atoms. The van der Waals surface area contributed by atoms with Crippen molar-refractivity contribution < 1.29 is 9.21 Å². The molecule has 1 aliphatic carbocycles. The molecule has 2 fully saturated rings. The van der Waals surface area contributed by atoms with Gasteiger partial charge in [0.15, 0.2) is 16.6 Å². The summed E-state index contributed by atoms with van der Waals surface area (Å²) in [7, 11) is 1.99. The first-order chi connectivity index (χ1) is 13.7. The van der Waals surface area contributed by atoms with Gasteiger partial charge < -0.3 is 13.9 Å². The van der Waals surface area contributed by atoms with E-state index in [1.165, 1.54) is 24.6 Å². The lowest BCUT2D eigenvalue weighted by atomic mass is 9.97. The number of hydrogen-bond acceptors (Lipinski definition) is 6. The Morgan fingerprint density at radius 1 is 1.14 bits per heavy atom. The lowest BCUT2D eigenvalue weighted by molar-refractivity contribution is -0.129. The average Bonchev–Trinajstić information content (AvgIpc) is 3.36. The minimum absolute atomic E-state index is 0.164. The fraction of sp³-hybridized carbons (Fsp3) is 0.500. The second-order valence-electron chi connectivity index (χ2n) is 7.64. The smallest absolute Gasteiger partial charge is 0.233 e. The van der Waals surface area contributed by atoms with E-state index >= 15 is 0 Å². The number of piperidine rings is 1. The molecule has 146 valence electrons. The van der Waals surface area contributed by atoms with Gasteiger partial charge in [0, 0.05) is 32.0 Å². The third kappa shape index (κ3) is 3.41. The van der Waals surface area contributed by atoms with E-state index in [0.717, 1.165) is 53.9 Å². The van der Waals surface area contributed by atoms with Crippen LogP contribution in [-0.2, 0) is 11.8 Å². The van der Waals surface area contributed by atoms with Gasteiger partial charge in [-0.05, 0) is 37.8 Å². The second kappa shape index (κ2) is 7.24. The number of amides is 1. The van der Waals surface area contributed by atoms with Crippen LogP contribution in [0.3, 0.4) is 0 Å². The molecule has 0 bridgehead atoms. The normalized spacial score (nSPS) is 18.1. The number of rotatable bonds is 5. The molecule has 7 nitrogen and oxygen atoms in total. The SMILES string of the molecule is Cn1c(SCC(=O)N2CCC(c3nc4ccccc4o3)CC2)nnc1C1CC1. The Hall–Kier alpha value is -2.35. The third-order valence-electron chi connectivity index (χ3n) is 5.64. The van der Waals surface area contributed by atoms with E-state index in [4.69, 9.17) is 4.42 Å². The number of carbonyl (C=O) groups excluding carboxylic acids is 1. The number of nitrogens with zero attached hydrogens (tertiary/aromatic N) is 5. The molecule has 0 spiro atoms. The van der Waals surface area contributed by atoms with E-state index in [0.29, 0.717) is 11.7 Å². The molecule has 3 heterocycles. The molecule has 0 N–H and O–H groups in total. The Morgan fingerprint density at radius 3 is 2.68 bits per heavy atom. The van der Waals surface area contributed by atoms with Crippen molar-refractivity contribution >= 4 is 28.8 Å². The Morgan fingerprint density at radius 2 is 1.93 bits per heavy atom. The summed E-state index contributed by atoms with van der Waals surface area (Å²) in [6.07, 6.45) is 4.17. The van der Waals surface area contributed by atoms with Crippen molar-refractivity contribution in [3.63, 3.8) is 0 Å². The molecule has 0 unspecified atom stereocenters. The summed E-state index contributed by atoms with van der Waals surface area (Å²) in [4.78, 5) is 19.2. The van der Waals surface area contributed by atoms with Crippen LogP contribution in [0.5, 0.6) is 0 Å². The van der Waals surface area contributed by atoms with Gasteiger partial charge in [-0.15, -0.1) is 10.2 Å². The molecule has 1 aliphatic heterocycles. The zero-order chi connectivity index (χ0) is 19.1. The first-order valence-corrected chi connectivity index (χ1v) is 10.8. The van der Waals surface area contributed by atoms with Crippen molar-refractivity contribution in [2.75, 3.05) is 18.8 Å². The van der Waals surface area contributed by atoms with Gasteiger partial charge >= 0.3 is 0 Å². The van der Waals surface area contributed by atoms with Gasteiger partial charge in [0.05, 0.1) is 5.75 Å². The highest BCUT2D eigenvalue weighted by Crippen LogP contribution is 2.39. The number of fused-ring (bicyclic) bond motifs is 1. The van der Waals surface area contributed by atoms with Gasteiger partial charge in [0.25, 0.3) is 0 Å². The van der Waals surface area contributed by atoms with Crippen molar-refractivity contribution in [3.8, 4) is 0 Å². The molecular weight excluding hydrogens is 374 g/mol. The third-order valence-corrected chi connectivity index (χ3v) is 6.65. The zero-order valence-corrected chi connectivity index (χ0v) is 16.7. The first-order valence-electron chi connectivity index (χ1n) is 9.84. The predicted molar refractivity (Wildman–Crippen MR) is 106 cm³/mol. The maximum absolute atomic E-state index is 12.6. The van der Waals surface area contributed by atoms with Gasteiger partial charge in [-0.3, -0.25) is 4.79 Å². The number of benzene rings is 1. The summed E-state index contributed by atoms with van der Waals surface area (Å²) in [6.45, 7) is 1.49. The fourth-order valence-corrected chi connectivity index (χ4v) is 4.63. The van der Waals surface area contributed by atoms with E-state index in [9.17, 15) is 4.79 Å². The van der Waals surface area contributed by atoms with E-state index in [2.05, 4.69) is 15.2 Å². The van der Waals surface area contributed by atoms with E-state index in [-0.39, 0.29) is 11.8 Å². The maximum atomic E-state index is 12.6. The van der Waals surface area contributed by atoms with Crippen LogP contribution in [0.1, 0.15) is 49.2 Å². The largest absolute Gasteiger partial charge is 0.440 e. The molecule has 2 aliphatic rings. The van der Waals surface area contributed by atoms with Crippen molar-refractivity contribution in [1.29, 1.82) is 0 Å². The van der Waals surface area contributed by atoms with Gasteiger partial charge in [-0.2, -0.15) is 0 Å². The molecule has 0 atom stereocenters. The van der Waals surface area contributed by atoms with Crippen LogP contribution >= 0.6 is 11.8 Å². The molecule has 1 saturated carbocycles. The molecular formula is C20H23N5O2S. The molecule has 1 aromatic carbocycles. The van der Waals surface area contributed by atoms with Crippen LogP contribution < -0.4 is 0 Å². The van der Waals surface area contributed by atoms with Gasteiger partial charge in [-0.1, -0.05) is 23.9 Å². The van der Waals surface area contributed by atoms with Crippen LogP contribution in [0.4, 0.5) is 0 Å². The lowest BCUT2D eigenvalue weighted by Gasteiger charge is -2.30. The van der Waals surface area contributed by atoms with Crippen LogP contribution in [0.15, 0.2) is 33.8 Å². The van der Waals surface area contributed by atoms with Crippen molar-refractivity contribution in [3.05, 3.63) is 36.0 Å². The van der Waals surface area contributed by atoms with Crippen molar-refractivity contribution in [1.82, 2.24) is 24.6 Å². The summed E-state index contributed by atoms with van der Waals surface area (Å²) < 4.78 is 7.95. The first kappa shape index (κ1) is 17.7. The van der Waals surface area contributed by atoms with Crippen LogP contribution in [-0.4, -0.2) is 49.4 Å². The quantitative estimate of drug-likeness (QED) is 0.615. The number of likely N-dealkylation sites (tertiary alicyclic amines) is 1. The minimum Gasteiger partial charge on any atom is -0.440 e. The number of thioether (sulfide) groups is 1. The van der Waals surface area contributed by atoms with Crippen LogP contribution in [0, 0.1) is 0 Å². The molecule has 8 heteroatoms. The fourth-order valence-electron chi connectivity index (χ4n) is 3.81. The Balaban J connectivity index is 1.15. The number of carbonyl (C=O) groups is 1. The van der Waals surface area contributed by atoms with E-state index in [1.807, 2.05) is 40.8 Å². The summed E-state index contributed by atoms with van der Waals surface area (Å²) >= 11 is 1.48. The predicted octanol–water partition coefficient (Wildman–Crippen LogP) is 3.33. The summed E-state index contributed by atoms with van der Waals surface area (Å²) in [5, 5.41) is 9.36. The van der Waals surface area contributed by atoms with Crippen molar-refractivity contribution in [2.24, 2.45) is 7.05 Å². The van der Waals surface area contributed by atoms with Crippen LogP contribution in [0.25, 0.3) is 11.1 Å². The molecule has 1 saturated heterocycles. The van der Waals surface area contributed by atoms with Gasteiger partial charge in [-0.25, -0.2) is 4.98 Å². The zero-order valence-electron chi connectivity index (χ0n) is 15.9. The van der Waals surface area contributed by atoms with Gasteiger partial charge in [0.2, 0.25) is 5.91 Å². The maximum Gasteiger partial charge on any atom is 0.233 e. The standard InChI is InChI=1S/C20H23N5O2S/c1-24-18(13-6-7-13)22-23-20(24)28-12-17(26)25-10-8-14(9-11-25)19-21-15-4-2-3-5-16(15)27-19/h2-5,13-14H,6-12H2,1H3. The molecule has 1 amide bonds. The lowest BCUT2D eigenvalue weighted by Crippen LogP contribution is -2.39. The molecule has 3 aromatic rings. The van der Waals surface area contributed by atoms with Crippen LogP contribution in [0.2, 0.25) is 0 Å². The summed E-state index contributed by atoms with van der Waals surface area (Å²) in [5.74, 6) is 3.27. The van der Waals surface area contributed by atoms with Crippen molar-refractivity contribution in [2.45, 2.75) is 42.7 Å². The van der Waals surface area contributed by atoms with E-state index < -0.39 is 0 Å². The molecule has 0 radical (unpaired) electrons. The highest BCUT2D eigenvalue weighted by atomic mass is 32.2. The number of para-hydroxylation sites is 2. The Bertz CT molecular complexity index is 968. The summed E-state index contributed by atoms with van der Waals surface area (Å²) in [6, 6.07) is 7.85. The molecule has 5 rings (SSSR count).